The van der Waals surface area contributed by atoms with Crippen molar-refractivity contribution < 1.29 is 17.9 Å². The quantitative estimate of drug-likeness (QED) is 0.727. The number of nitrogens with zero attached hydrogens (tertiary/aromatic N) is 1. The molecule has 140 valence electrons. The third-order valence-corrected chi connectivity index (χ3v) is 4.84. The summed E-state index contributed by atoms with van der Waals surface area (Å²) in [6, 6.07) is 18.2. The van der Waals surface area contributed by atoms with E-state index in [1.807, 2.05) is 67.6 Å². The van der Waals surface area contributed by atoms with Crippen LogP contribution in [0.25, 0.3) is 0 Å². The van der Waals surface area contributed by atoms with Crippen LogP contribution in [0, 0.1) is 0 Å². The molecule has 1 N–H and O–H groups in total. The minimum atomic E-state index is -3.51. The van der Waals surface area contributed by atoms with Crippen molar-refractivity contribution in [2.45, 2.75) is 19.5 Å². The van der Waals surface area contributed by atoms with Gasteiger partial charge in [0.15, 0.2) is 0 Å². The van der Waals surface area contributed by atoms with Gasteiger partial charge in [-0.25, -0.2) is 8.42 Å². The normalized spacial score (nSPS) is 12.6. The molecule has 0 aliphatic heterocycles. The van der Waals surface area contributed by atoms with Crippen LogP contribution in [0.4, 0.5) is 0 Å². The first kappa shape index (κ1) is 19.9. The highest BCUT2D eigenvalue weighted by Gasteiger charge is 2.21. The molecule has 0 aromatic heterocycles. The molecule has 6 nitrogen and oxygen atoms in total. The van der Waals surface area contributed by atoms with Crippen molar-refractivity contribution in [1.29, 1.82) is 0 Å². The van der Waals surface area contributed by atoms with Crippen molar-refractivity contribution in [2.75, 3.05) is 19.4 Å². The molecule has 0 aliphatic carbocycles. The van der Waals surface area contributed by atoms with Crippen molar-refractivity contribution >= 4 is 15.9 Å². The predicted molar refractivity (Wildman–Crippen MR) is 101 cm³/mol. The Balaban J connectivity index is 1.88. The van der Waals surface area contributed by atoms with Crippen molar-refractivity contribution in [3.8, 4) is 5.75 Å². The summed E-state index contributed by atoms with van der Waals surface area (Å²) in [5, 5.41) is 2.77. The first-order chi connectivity index (χ1) is 12.3. The highest BCUT2D eigenvalue weighted by atomic mass is 32.2. The highest BCUT2D eigenvalue weighted by Crippen LogP contribution is 2.09. The molecule has 0 aliphatic rings. The van der Waals surface area contributed by atoms with Gasteiger partial charge in [0.25, 0.3) is 0 Å². The lowest BCUT2D eigenvalue weighted by atomic mass is 10.2. The molecule has 2 aromatic carbocycles. The molecule has 0 fully saturated rings. The van der Waals surface area contributed by atoms with Crippen LogP contribution in [0.1, 0.15) is 12.5 Å². The lowest BCUT2D eigenvalue weighted by Gasteiger charge is -2.21. The number of amides is 1. The topological polar surface area (TPSA) is 75.7 Å². The van der Waals surface area contributed by atoms with E-state index in [4.69, 9.17) is 4.74 Å². The van der Waals surface area contributed by atoms with Crippen molar-refractivity contribution in [3.05, 3.63) is 66.2 Å². The van der Waals surface area contributed by atoms with Crippen LogP contribution in [-0.2, 0) is 21.4 Å². The van der Waals surface area contributed by atoms with Gasteiger partial charge in [-0.3, -0.25) is 4.79 Å². The molecule has 0 radical (unpaired) electrons. The molecule has 0 unspecified atom stereocenters. The van der Waals surface area contributed by atoms with Crippen molar-refractivity contribution in [2.24, 2.45) is 0 Å². The number of rotatable bonds is 9. The summed E-state index contributed by atoms with van der Waals surface area (Å²) in [6.45, 7) is 2.03. The summed E-state index contributed by atoms with van der Waals surface area (Å²) in [5.74, 6) is 0.353. The molecule has 2 rings (SSSR count). The Morgan fingerprint density at radius 3 is 2.23 bits per heavy atom. The average Bonchev–Trinajstić information content (AvgIpc) is 2.60. The van der Waals surface area contributed by atoms with E-state index in [0.717, 1.165) is 21.9 Å². The molecule has 0 spiro atoms. The summed E-state index contributed by atoms with van der Waals surface area (Å²) in [4.78, 5) is 12.2. The van der Waals surface area contributed by atoms with Crippen molar-refractivity contribution in [3.63, 3.8) is 0 Å². The van der Waals surface area contributed by atoms with E-state index in [1.165, 1.54) is 0 Å². The van der Waals surface area contributed by atoms with Gasteiger partial charge < -0.3 is 10.1 Å². The van der Waals surface area contributed by atoms with Gasteiger partial charge in [-0.05, 0) is 24.6 Å². The number of hydrogen-bond donors (Lipinski definition) is 1. The molecule has 1 atom stereocenters. The fraction of sp³-hybridized carbons (Fsp3) is 0.316. The molecule has 2 aromatic rings. The third kappa shape index (κ3) is 6.85. The van der Waals surface area contributed by atoms with Gasteiger partial charge in [0.1, 0.15) is 12.4 Å². The van der Waals surface area contributed by atoms with Crippen LogP contribution < -0.4 is 10.1 Å². The first-order valence-corrected chi connectivity index (χ1v) is 10.2. The summed E-state index contributed by atoms with van der Waals surface area (Å²) in [5.41, 5.74) is 0.825. The fourth-order valence-corrected chi connectivity index (χ4v) is 3.07. The molecule has 0 saturated heterocycles. The van der Waals surface area contributed by atoms with Gasteiger partial charge in [-0.2, -0.15) is 4.31 Å². The molecule has 0 heterocycles. The number of ether oxygens (including phenoxy) is 1. The molecule has 7 heteroatoms. The second kappa shape index (κ2) is 9.35. The molecule has 0 saturated carbocycles. The van der Waals surface area contributed by atoms with Gasteiger partial charge in [0.2, 0.25) is 15.9 Å². The second-order valence-corrected chi connectivity index (χ2v) is 8.09. The third-order valence-electron chi connectivity index (χ3n) is 3.64. The zero-order valence-corrected chi connectivity index (χ0v) is 15.8. The molecular formula is C19H24N2O4S. The van der Waals surface area contributed by atoms with Gasteiger partial charge in [-0.1, -0.05) is 48.5 Å². The monoisotopic (exact) mass is 376 g/mol. The van der Waals surface area contributed by atoms with E-state index >= 15 is 0 Å². The van der Waals surface area contributed by atoms with Crippen LogP contribution in [0.3, 0.4) is 0 Å². The maximum Gasteiger partial charge on any atom is 0.235 e. The number of hydrogen-bond acceptors (Lipinski definition) is 4. The van der Waals surface area contributed by atoms with Crippen molar-refractivity contribution in [1.82, 2.24) is 9.62 Å². The summed E-state index contributed by atoms with van der Waals surface area (Å²) >= 11 is 0. The van der Waals surface area contributed by atoms with Gasteiger partial charge in [-0.15, -0.1) is 0 Å². The van der Waals surface area contributed by atoms with Crippen LogP contribution >= 0.6 is 0 Å². The minimum Gasteiger partial charge on any atom is -0.491 e. The largest absolute Gasteiger partial charge is 0.491 e. The van der Waals surface area contributed by atoms with Gasteiger partial charge in [0, 0.05) is 6.54 Å². The number of carbonyl (C=O) groups is 1. The van der Waals surface area contributed by atoms with E-state index in [9.17, 15) is 13.2 Å². The van der Waals surface area contributed by atoms with E-state index in [1.54, 1.807) is 0 Å². The second-order valence-electron chi connectivity index (χ2n) is 6.11. The highest BCUT2D eigenvalue weighted by molar-refractivity contribution is 7.88. The molecule has 26 heavy (non-hydrogen) atoms. The number of nitrogens with one attached hydrogen (secondary N) is 1. The first-order valence-electron chi connectivity index (χ1n) is 8.31. The predicted octanol–water partition coefficient (Wildman–Crippen LogP) is 2.03. The van der Waals surface area contributed by atoms with E-state index in [-0.39, 0.29) is 25.0 Å². The van der Waals surface area contributed by atoms with E-state index < -0.39 is 10.0 Å². The summed E-state index contributed by atoms with van der Waals surface area (Å²) < 4.78 is 30.7. The Kier molecular flexibility index (Phi) is 7.17. The SMILES string of the molecule is C[C@@H](COc1ccccc1)NC(=O)CN(Cc1ccccc1)S(C)(=O)=O. The number of sulfonamides is 1. The smallest absolute Gasteiger partial charge is 0.235 e. The van der Waals surface area contributed by atoms with Crippen LogP contribution in [-0.4, -0.2) is 44.1 Å². The Hall–Kier alpha value is -2.38. The van der Waals surface area contributed by atoms with Crippen LogP contribution in [0.15, 0.2) is 60.7 Å². The zero-order chi connectivity index (χ0) is 19.0. The van der Waals surface area contributed by atoms with Crippen LogP contribution in [0.5, 0.6) is 5.75 Å². The number of carbonyl (C=O) groups excluding carboxylic acids is 1. The Morgan fingerprint density at radius 1 is 1.08 bits per heavy atom. The Labute approximate surface area is 154 Å². The Bertz CT molecular complexity index is 795. The van der Waals surface area contributed by atoms with Gasteiger partial charge in [0.05, 0.1) is 18.8 Å². The van der Waals surface area contributed by atoms with Crippen LogP contribution in [0.2, 0.25) is 0 Å². The maximum atomic E-state index is 12.2. The standard InChI is InChI=1S/C19H24N2O4S/c1-16(15-25-18-11-7-4-8-12-18)20-19(22)14-21(26(2,23)24)13-17-9-5-3-6-10-17/h3-12,16H,13-15H2,1-2H3,(H,20,22)/t16-/m0/s1. The molecule has 1 amide bonds. The summed E-state index contributed by atoms with van der Waals surface area (Å²) in [7, 11) is -3.51. The Morgan fingerprint density at radius 2 is 1.65 bits per heavy atom. The lowest BCUT2D eigenvalue weighted by Crippen LogP contribution is -2.44. The fourth-order valence-electron chi connectivity index (χ4n) is 2.34. The zero-order valence-electron chi connectivity index (χ0n) is 15.0. The van der Waals surface area contributed by atoms with E-state index in [0.29, 0.717) is 6.61 Å². The van der Waals surface area contributed by atoms with E-state index in [2.05, 4.69) is 5.32 Å². The molecule has 0 bridgehead atoms. The minimum absolute atomic E-state index is 0.155. The molecular weight excluding hydrogens is 352 g/mol. The van der Waals surface area contributed by atoms with Gasteiger partial charge >= 0.3 is 0 Å². The number of para-hydroxylation sites is 1. The summed E-state index contributed by atoms with van der Waals surface area (Å²) in [6.07, 6.45) is 1.10. The maximum absolute atomic E-state index is 12.2. The number of benzene rings is 2. The lowest BCUT2D eigenvalue weighted by molar-refractivity contribution is -0.122. The average molecular weight is 376 g/mol.